The highest BCUT2D eigenvalue weighted by Crippen LogP contribution is 2.25. The number of rotatable bonds is 9. The van der Waals surface area contributed by atoms with Gasteiger partial charge >= 0.3 is 0 Å². The maximum atomic E-state index is 12.3. The van der Waals surface area contributed by atoms with Crippen molar-refractivity contribution in [2.45, 2.75) is 51.2 Å². The summed E-state index contributed by atoms with van der Waals surface area (Å²) in [6.07, 6.45) is 6.11. The minimum Gasteiger partial charge on any atom is -0.497 e. The lowest BCUT2D eigenvalue weighted by Gasteiger charge is -2.13. The van der Waals surface area contributed by atoms with E-state index in [9.17, 15) is 4.79 Å². The van der Waals surface area contributed by atoms with Crippen molar-refractivity contribution >= 4 is 5.91 Å². The van der Waals surface area contributed by atoms with Gasteiger partial charge in [-0.15, -0.1) is 0 Å². The van der Waals surface area contributed by atoms with Crippen LogP contribution in [0.25, 0.3) is 11.5 Å². The van der Waals surface area contributed by atoms with Crippen molar-refractivity contribution in [2.24, 2.45) is 0 Å². The van der Waals surface area contributed by atoms with Gasteiger partial charge in [0.1, 0.15) is 11.5 Å². The number of carbonyl (C=O) groups is 1. The number of amides is 1. The van der Waals surface area contributed by atoms with E-state index >= 15 is 0 Å². The van der Waals surface area contributed by atoms with Crippen LogP contribution in [0.2, 0.25) is 0 Å². The predicted molar refractivity (Wildman–Crippen MR) is 116 cm³/mol. The maximum Gasteiger partial charge on any atom is 0.257 e. The molecule has 1 heterocycles. The fraction of sp³-hybridized carbons (Fsp3) is 0.375. The Morgan fingerprint density at radius 3 is 2.71 bits per heavy atom. The lowest BCUT2D eigenvalue weighted by Crippen LogP contribution is -2.23. The zero-order valence-electron chi connectivity index (χ0n) is 17.7. The maximum absolute atomic E-state index is 12.3. The van der Waals surface area contributed by atoms with Crippen LogP contribution in [0, 0.1) is 0 Å². The van der Waals surface area contributed by atoms with Crippen molar-refractivity contribution in [3.63, 3.8) is 0 Å². The van der Waals surface area contributed by atoms with Crippen molar-refractivity contribution < 1.29 is 18.8 Å². The smallest absolute Gasteiger partial charge is 0.257 e. The molecule has 1 aliphatic carbocycles. The molecule has 0 unspecified atom stereocenters. The Hall–Kier alpha value is -3.35. The van der Waals surface area contributed by atoms with Gasteiger partial charge in [-0.3, -0.25) is 4.79 Å². The summed E-state index contributed by atoms with van der Waals surface area (Å²) >= 11 is 0. The minimum atomic E-state index is -0.0575. The number of methoxy groups -OCH3 is 1. The Bertz CT molecular complexity index is 994. The van der Waals surface area contributed by atoms with Crippen molar-refractivity contribution in [1.82, 2.24) is 15.5 Å². The average molecular weight is 421 g/mol. The predicted octanol–water partition coefficient (Wildman–Crippen LogP) is 4.32. The van der Waals surface area contributed by atoms with E-state index in [1.54, 1.807) is 7.11 Å². The van der Waals surface area contributed by atoms with Crippen LogP contribution in [0.4, 0.5) is 0 Å². The van der Waals surface area contributed by atoms with Crippen LogP contribution in [0.15, 0.2) is 53.1 Å². The molecule has 0 saturated heterocycles. The molecule has 7 heteroatoms. The number of hydrogen-bond donors (Lipinski definition) is 1. The third-order valence-electron chi connectivity index (χ3n) is 5.39. The molecule has 7 nitrogen and oxygen atoms in total. The molecule has 3 aromatic rings. The second-order valence-corrected chi connectivity index (χ2v) is 7.69. The van der Waals surface area contributed by atoms with E-state index in [1.807, 2.05) is 48.5 Å². The van der Waals surface area contributed by atoms with Crippen LogP contribution in [0.3, 0.4) is 0 Å². The molecule has 2 aromatic carbocycles. The van der Waals surface area contributed by atoms with Gasteiger partial charge in [0.2, 0.25) is 5.91 Å². The van der Waals surface area contributed by atoms with Crippen molar-refractivity contribution in [3.05, 3.63) is 59.9 Å². The van der Waals surface area contributed by atoms with E-state index < -0.39 is 0 Å². The monoisotopic (exact) mass is 421 g/mol. The summed E-state index contributed by atoms with van der Waals surface area (Å²) in [6.45, 7) is 0.226. The molecular formula is C24H27N3O4. The average Bonchev–Trinajstić information content (AvgIpc) is 3.49. The first-order valence-corrected chi connectivity index (χ1v) is 10.7. The molecule has 0 atom stereocenters. The van der Waals surface area contributed by atoms with Gasteiger partial charge in [-0.2, -0.15) is 4.98 Å². The highest BCUT2D eigenvalue weighted by Gasteiger charge is 2.16. The first kappa shape index (κ1) is 20.9. The van der Waals surface area contributed by atoms with E-state index in [2.05, 4.69) is 15.5 Å². The second kappa shape index (κ2) is 10.1. The molecular weight excluding hydrogens is 394 g/mol. The number of benzene rings is 2. The lowest BCUT2D eigenvalue weighted by atomic mass is 10.1. The van der Waals surface area contributed by atoms with Gasteiger partial charge in [0.25, 0.3) is 5.89 Å². The summed E-state index contributed by atoms with van der Waals surface area (Å²) in [5.74, 6) is 2.43. The molecule has 0 spiro atoms. The quantitative estimate of drug-likeness (QED) is 0.554. The lowest BCUT2D eigenvalue weighted by molar-refractivity contribution is -0.121. The van der Waals surface area contributed by atoms with Crippen molar-refractivity contribution in [3.8, 4) is 23.0 Å². The molecule has 1 fully saturated rings. The second-order valence-electron chi connectivity index (χ2n) is 7.69. The largest absolute Gasteiger partial charge is 0.497 e. The van der Waals surface area contributed by atoms with E-state index in [-0.39, 0.29) is 12.5 Å². The molecule has 4 rings (SSSR count). The van der Waals surface area contributed by atoms with Crippen LogP contribution in [-0.4, -0.2) is 29.3 Å². The Balaban J connectivity index is 1.24. The van der Waals surface area contributed by atoms with Crippen LogP contribution >= 0.6 is 0 Å². The van der Waals surface area contributed by atoms with E-state index in [1.165, 1.54) is 12.8 Å². The molecule has 1 N–H and O–H groups in total. The van der Waals surface area contributed by atoms with Crippen LogP contribution < -0.4 is 14.8 Å². The molecule has 1 saturated carbocycles. The van der Waals surface area contributed by atoms with Crippen LogP contribution in [0.5, 0.6) is 11.5 Å². The molecule has 0 bridgehead atoms. The fourth-order valence-electron chi connectivity index (χ4n) is 3.67. The van der Waals surface area contributed by atoms with Crippen molar-refractivity contribution in [1.29, 1.82) is 0 Å². The topological polar surface area (TPSA) is 86.5 Å². The molecule has 0 aliphatic heterocycles. The van der Waals surface area contributed by atoms with Gasteiger partial charge < -0.3 is 19.3 Å². The number of aryl methyl sites for hydroxylation is 1. The summed E-state index contributed by atoms with van der Waals surface area (Å²) in [4.78, 5) is 16.6. The standard InChI is InChI=1S/C24H27N3O4/c1-29-19-12-10-18(11-13-19)24-26-22(27-31-24)16-25-23(28)14-9-17-5-4-8-21(15-17)30-20-6-2-3-7-20/h4-5,8,10-13,15,20H,2-3,6-7,9,14,16H2,1H3,(H,25,28). The van der Waals surface area contributed by atoms with Gasteiger partial charge in [0, 0.05) is 12.0 Å². The van der Waals surface area contributed by atoms with Gasteiger partial charge in [0.15, 0.2) is 5.82 Å². The molecule has 31 heavy (non-hydrogen) atoms. The number of ether oxygens (including phenoxy) is 2. The zero-order valence-corrected chi connectivity index (χ0v) is 17.7. The van der Waals surface area contributed by atoms with Gasteiger partial charge in [0.05, 0.1) is 19.8 Å². The molecule has 1 aromatic heterocycles. The fourth-order valence-corrected chi connectivity index (χ4v) is 3.67. The van der Waals surface area contributed by atoms with Crippen molar-refractivity contribution in [2.75, 3.05) is 7.11 Å². The number of hydrogen-bond acceptors (Lipinski definition) is 6. The molecule has 1 aliphatic rings. The van der Waals surface area contributed by atoms with Crippen LogP contribution in [-0.2, 0) is 17.8 Å². The Kier molecular flexibility index (Phi) is 6.82. The number of nitrogens with one attached hydrogen (secondary N) is 1. The Morgan fingerprint density at radius 1 is 1.13 bits per heavy atom. The third kappa shape index (κ3) is 5.84. The zero-order chi connectivity index (χ0) is 21.5. The first-order chi connectivity index (χ1) is 15.2. The Labute approximate surface area is 181 Å². The SMILES string of the molecule is COc1ccc(-c2nc(CNC(=O)CCc3cccc(OC4CCCC4)c3)no2)cc1. The first-order valence-electron chi connectivity index (χ1n) is 10.7. The van der Waals surface area contributed by atoms with Gasteiger partial charge in [-0.25, -0.2) is 0 Å². The molecule has 0 radical (unpaired) electrons. The summed E-state index contributed by atoms with van der Waals surface area (Å²) in [7, 11) is 1.61. The third-order valence-corrected chi connectivity index (χ3v) is 5.39. The summed E-state index contributed by atoms with van der Waals surface area (Å²) < 4.78 is 16.5. The van der Waals surface area contributed by atoms with Gasteiger partial charge in [-0.05, 0) is 74.1 Å². The number of aromatic nitrogens is 2. The number of nitrogens with zero attached hydrogens (tertiary/aromatic N) is 2. The Morgan fingerprint density at radius 2 is 1.94 bits per heavy atom. The minimum absolute atomic E-state index is 0.0575. The van der Waals surface area contributed by atoms with E-state index in [4.69, 9.17) is 14.0 Å². The summed E-state index contributed by atoms with van der Waals surface area (Å²) in [5, 5.41) is 6.79. The van der Waals surface area contributed by atoms with Crippen LogP contribution in [0.1, 0.15) is 43.5 Å². The molecule has 162 valence electrons. The van der Waals surface area contributed by atoms with E-state index in [0.717, 1.165) is 35.5 Å². The molecule has 1 amide bonds. The highest BCUT2D eigenvalue weighted by atomic mass is 16.5. The summed E-state index contributed by atoms with van der Waals surface area (Å²) in [5.41, 5.74) is 1.89. The number of carbonyl (C=O) groups excluding carboxylic acids is 1. The highest BCUT2D eigenvalue weighted by molar-refractivity contribution is 5.76. The summed E-state index contributed by atoms with van der Waals surface area (Å²) in [6, 6.07) is 15.4. The normalized spacial score (nSPS) is 13.8. The van der Waals surface area contributed by atoms with E-state index in [0.29, 0.717) is 30.7 Å². The van der Waals surface area contributed by atoms with Gasteiger partial charge in [-0.1, -0.05) is 17.3 Å².